The predicted octanol–water partition coefficient (Wildman–Crippen LogP) is 2.72. The Labute approximate surface area is 136 Å². The summed E-state index contributed by atoms with van der Waals surface area (Å²) in [5.74, 6) is 0.481. The zero-order valence-electron chi connectivity index (χ0n) is 11.8. The number of carbonyl (C=O) groups excluding carboxylic acids is 1. The second-order valence-electron chi connectivity index (χ2n) is 4.70. The molecule has 0 radical (unpaired) electrons. The van der Waals surface area contributed by atoms with E-state index in [2.05, 4.69) is 5.32 Å². The van der Waals surface area contributed by atoms with Crippen molar-refractivity contribution in [2.75, 3.05) is 12.3 Å². The van der Waals surface area contributed by atoms with E-state index in [9.17, 15) is 14.1 Å². The highest BCUT2D eigenvalue weighted by Crippen LogP contribution is 2.23. The zero-order valence-corrected chi connectivity index (χ0v) is 13.4. The minimum Gasteiger partial charge on any atom is -0.506 e. The van der Waals surface area contributed by atoms with Crippen LogP contribution >= 0.6 is 11.6 Å². The summed E-state index contributed by atoms with van der Waals surface area (Å²) in [6.45, 7) is 0.316. The topological polar surface area (TPSA) is 66.4 Å². The van der Waals surface area contributed by atoms with Gasteiger partial charge in [-0.1, -0.05) is 41.9 Å². The molecule has 1 atom stereocenters. The molecule has 6 heteroatoms. The molecule has 0 saturated carbocycles. The largest absolute Gasteiger partial charge is 0.506 e. The lowest BCUT2D eigenvalue weighted by atomic mass is 10.2. The van der Waals surface area contributed by atoms with Crippen molar-refractivity contribution in [3.05, 3.63) is 64.7 Å². The number of phenolic OH excluding ortho intramolecular Hbond substituents is 1. The summed E-state index contributed by atoms with van der Waals surface area (Å²) < 4.78 is 11.9. The van der Waals surface area contributed by atoms with Crippen molar-refractivity contribution in [2.24, 2.45) is 0 Å². The molecule has 2 aromatic carbocycles. The maximum Gasteiger partial charge on any atom is 0.251 e. The van der Waals surface area contributed by atoms with Crippen molar-refractivity contribution >= 4 is 28.3 Å². The maximum atomic E-state index is 11.9. The summed E-state index contributed by atoms with van der Waals surface area (Å²) in [5.41, 5.74) is 1.37. The maximum absolute atomic E-state index is 11.9. The van der Waals surface area contributed by atoms with E-state index in [1.165, 1.54) is 18.2 Å². The molecule has 22 heavy (non-hydrogen) atoms. The Hall–Kier alpha value is -1.85. The molecule has 0 aromatic heterocycles. The van der Waals surface area contributed by atoms with Crippen LogP contribution in [0.4, 0.5) is 0 Å². The smallest absolute Gasteiger partial charge is 0.251 e. The first-order valence-electron chi connectivity index (χ1n) is 6.72. The number of carbonyl (C=O) groups is 1. The number of nitrogens with one attached hydrogen (secondary N) is 1. The highest BCUT2D eigenvalue weighted by Gasteiger charge is 2.09. The van der Waals surface area contributed by atoms with Crippen LogP contribution in [-0.2, 0) is 16.6 Å². The number of rotatable bonds is 6. The van der Waals surface area contributed by atoms with Crippen LogP contribution in [-0.4, -0.2) is 27.5 Å². The first kappa shape index (κ1) is 16.5. The molecule has 2 aromatic rings. The Kier molecular flexibility index (Phi) is 5.98. The molecule has 0 aliphatic rings. The van der Waals surface area contributed by atoms with Crippen molar-refractivity contribution in [1.29, 1.82) is 0 Å². The second kappa shape index (κ2) is 7.96. The molecule has 116 valence electrons. The molecule has 1 amide bonds. The molecule has 0 saturated heterocycles. The van der Waals surface area contributed by atoms with E-state index < -0.39 is 10.8 Å². The molecule has 1 unspecified atom stereocenters. The monoisotopic (exact) mass is 337 g/mol. The van der Waals surface area contributed by atoms with Gasteiger partial charge in [-0.15, -0.1) is 0 Å². The number of aromatic hydroxyl groups is 1. The molecular formula is C16H16ClNO3S. The lowest BCUT2D eigenvalue weighted by Crippen LogP contribution is -2.27. The number of hydrogen-bond donors (Lipinski definition) is 2. The first-order valence-corrected chi connectivity index (χ1v) is 8.58. The zero-order chi connectivity index (χ0) is 15.9. The minimum atomic E-state index is -1.03. The number of hydrogen-bond acceptors (Lipinski definition) is 3. The van der Waals surface area contributed by atoms with E-state index in [4.69, 9.17) is 11.6 Å². The Morgan fingerprint density at radius 1 is 1.18 bits per heavy atom. The Bertz CT molecular complexity index is 676. The molecule has 2 rings (SSSR count). The van der Waals surface area contributed by atoms with Gasteiger partial charge in [-0.3, -0.25) is 9.00 Å². The summed E-state index contributed by atoms with van der Waals surface area (Å²) in [5, 5.41) is 12.1. The Morgan fingerprint density at radius 2 is 1.91 bits per heavy atom. The summed E-state index contributed by atoms with van der Waals surface area (Å²) >= 11 is 5.75. The summed E-state index contributed by atoms with van der Waals surface area (Å²) in [6, 6.07) is 13.8. The fourth-order valence-corrected chi connectivity index (χ4v) is 3.08. The number of amides is 1. The van der Waals surface area contributed by atoms with Gasteiger partial charge in [0.15, 0.2) is 0 Å². The minimum absolute atomic E-state index is 0.0674. The Morgan fingerprint density at radius 3 is 2.59 bits per heavy atom. The molecule has 0 aliphatic heterocycles. The van der Waals surface area contributed by atoms with Crippen molar-refractivity contribution < 1.29 is 14.1 Å². The third kappa shape index (κ3) is 4.86. The summed E-state index contributed by atoms with van der Waals surface area (Å²) in [7, 11) is -1.03. The molecule has 0 fully saturated rings. The fraction of sp³-hybridized carbons (Fsp3) is 0.188. The van der Waals surface area contributed by atoms with Gasteiger partial charge in [0, 0.05) is 34.4 Å². The SMILES string of the molecule is O=C(NCCS(=O)Cc1ccccc1)c1ccc(O)c(Cl)c1. The number of halogens is 1. The van der Waals surface area contributed by atoms with Gasteiger partial charge in [-0.2, -0.15) is 0 Å². The van der Waals surface area contributed by atoms with Gasteiger partial charge in [0.2, 0.25) is 0 Å². The molecule has 0 bridgehead atoms. The highest BCUT2D eigenvalue weighted by atomic mass is 35.5. The predicted molar refractivity (Wildman–Crippen MR) is 88.6 cm³/mol. The first-order chi connectivity index (χ1) is 10.6. The lowest BCUT2D eigenvalue weighted by molar-refractivity contribution is 0.0956. The standard InChI is InChI=1S/C16H16ClNO3S/c17-14-10-13(6-7-15(14)19)16(20)18-8-9-22(21)11-12-4-2-1-3-5-12/h1-7,10,19H,8-9,11H2,(H,18,20). The van der Waals surface area contributed by atoms with Crippen molar-refractivity contribution in [3.63, 3.8) is 0 Å². The van der Waals surface area contributed by atoms with E-state index in [-0.39, 0.29) is 16.7 Å². The van der Waals surface area contributed by atoms with Crippen LogP contribution in [0.3, 0.4) is 0 Å². The fourth-order valence-electron chi connectivity index (χ4n) is 1.86. The number of benzene rings is 2. The Balaban J connectivity index is 1.79. The average Bonchev–Trinajstić information content (AvgIpc) is 2.51. The molecule has 0 heterocycles. The van der Waals surface area contributed by atoms with Crippen LogP contribution in [0.5, 0.6) is 5.75 Å². The van der Waals surface area contributed by atoms with Gasteiger partial charge in [-0.25, -0.2) is 0 Å². The van der Waals surface area contributed by atoms with Crippen LogP contribution in [0.25, 0.3) is 0 Å². The molecular weight excluding hydrogens is 322 g/mol. The average molecular weight is 338 g/mol. The van der Waals surface area contributed by atoms with Gasteiger partial charge in [0.05, 0.1) is 5.02 Å². The quantitative estimate of drug-likeness (QED) is 0.851. The molecule has 2 N–H and O–H groups in total. The van der Waals surface area contributed by atoms with E-state index in [1.807, 2.05) is 30.3 Å². The van der Waals surface area contributed by atoms with Gasteiger partial charge >= 0.3 is 0 Å². The van der Waals surface area contributed by atoms with Gasteiger partial charge < -0.3 is 10.4 Å². The van der Waals surface area contributed by atoms with Crippen LogP contribution in [0.1, 0.15) is 15.9 Å². The van der Waals surface area contributed by atoms with E-state index in [0.29, 0.717) is 23.6 Å². The summed E-state index contributed by atoms with van der Waals surface area (Å²) in [6.07, 6.45) is 0. The number of phenols is 1. The summed E-state index contributed by atoms with van der Waals surface area (Å²) in [4.78, 5) is 11.9. The van der Waals surface area contributed by atoms with Crippen LogP contribution < -0.4 is 5.32 Å². The van der Waals surface area contributed by atoms with E-state index in [0.717, 1.165) is 5.56 Å². The lowest BCUT2D eigenvalue weighted by Gasteiger charge is -2.06. The van der Waals surface area contributed by atoms with Crippen LogP contribution in [0, 0.1) is 0 Å². The normalized spacial score (nSPS) is 11.9. The van der Waals surface area contributed by atoms with Crippen molar-refractivity contribution in [1.82, 2.24) is 5.32 Å². The van der Waals surface area contributed by atoms with Crippen LogP contribution in [0.15, 0.2) is 48.5 Å². The van der Waals surface area contributed by atoms with E-state index in [1.54, 1.807) is 0 Å². The molecule has 4 nitrogen and oxygen atoms in total. The third-order valence-corrected chi connectivity index (χ3v) is 4.61. The molecule has 0 aliphatic carbocycles. The van der Waals surface area contributed by atoms with Crippen LogP contribution in [0.2, 0.25) is 5.02 Å². The van der Waals surface area contributed by atoms with Gasteiger partial charge in [-0.05, 0) is 23.8 Å². The van der Waals surface area contributed by atoms with Gasteiger partial charge in [0.25, 0.3) is 5.91 Å². The second-order valence-corrected chi connectivity index (χ2v) is 6.68. The molecule has 0 spiro atoms. The van der Waals surface area contributed by atoms with Gasteiger partial charge in [0.1, 0.15) is 5.75 Å². The third-order valence-electron chi connectivity index (χ3n) is 3.00. The van der Waals surface area contributed by atoms with Crippen molar-refractivity contribution in [2.45, 2.75) is 5.75 Å². The van der Waals surface area contributed by atoms with E-state index >= 15 is 0 Å². The van der Waals surface area contributed by atoms with Crippen molar-refractivity contribution in [3.8, 4) is 5.75 Å². The highest BCUT2D eigenvalue weighted by molar-refractivity contribution is 7.84.